The smallest absolute Gasteiger partial charge is 0.272 e. The van der Waals surface area contributed by atoms with Crippen LogP contribution in [0.4, 0.5) is 10.8 Å². The molecule has 5 rings (SSSR count). The van der Waals surface area contributed by atoms with Gasteiger partial charge in [-0.05, 0) is 60.2 Å². The Kier molecular flexibility index (Phi) is 11.4. The van der Waals surface area contributed by atoms with Gasteiger partial charge in [0.05, 0.1) is 0 Å². The van der Waals surface area contributed by atoms with Gasteiger partial charge < -0.3 is 10.6 Å². The van der Waals surface area contributed by atoms with E-state index in [4.69, 9.17) is 0 Å². The highest BCUT2D eigenvalue weighted by Gasteiger charge is 2.24. The summed E-state index contributed by atoms with van der Waals surface area (Å²) in [6, 6.07) is 33.1. The molecule has 0 fully saturated rings. The van der Waals surface area contributed by atoms with Crippen molar-refractivity contribution in [2.24, 2.45) is 0 Å². The van der Waals surface area contributed by atoms with Gasteiger partial charge in [-0.2, -0.15) is 9.36 Å². The van der Waals surface area contributed by atoms with E-state index in [1.54, 1.807) is 42.5 Å². The number of thioether (sulfide) groups is 2. The van der Waals surface area contributed by atoms with E-state index < -0.39 is 17.1 Å². The topological polar surface area (TPSA) is 113 Å². The lowest BCUT2D eigenvalue weighted by atomic mass is 10.1. The van der Waals surface area contributed by atoms with E-state index in [2.05, 4.69) is 25.3 Å². The lowest BCUT2D eigenvalue weighted by Crippen LogP contribution is -2.30. The highest BCUT2D eigenvalue weighted by Crippen LogP contribution is 2.37. The Morgan fingerprint density at radius 3 is 2.35 bits per heavy atom. The van der Waals surface area contributed by atoms with E-state index in [1.165, 1.54) is 23.5 Å². The lowest BCUT2D eigenvalue weighted by Gasteiger charge is -2.17. The summed E-state index contributed by atoms with van der Waals surface area (Å²) in [7, 11) is 0. The summed E-state index contributed by atoms with van der Waals surface area (Å²) in [5.74, 6) is -0.280. The molecule has 4 aromatic carbocycles. The Balaban J connectivity index is 1.36. The maximum Gasteiger partial charge on any atom is 0.272 e. The predicted octanol–water partition coefficient (Wildman–Crippen LogP) is 7.84. The van der Waals surface area contributed by atoms with Crippen molar-refractivity contribution in [1.82, 2.24) is 14.7 Å². The average molecular weight is 666 g/mol. The molecule has 3 N–H and O–H groups in total. The third kappa shape index (κ3) is 9.16. The van der Waals surface area contributed by atoms with Gasteiger partial charge in [-0.25, -0.2) is 0 Å². The number of carbonyl (C=O) groups is 3. The van der Waals surface area contributed by atoms with Crippen LogP contribution in [0, 0.1) is 6.92 Å². The molecule has 0 saturated heterocycles. The SMILES string of the molecule is CCSc1nsc(NC(=O)C(Sc2cccc(NC(=O)/C(=C\c3cccc(C)c3)NC(=O)c3ccccc3)c2)c2ccccc2)n1. The quantitative estimate of drug-likeness (QED) is 0.0919. The minimum Gasteiger partial charge on any atom is -0.321 e. The Morgan fingerprint density at radius 1 is 0.870 bits per heavy atom. The predicted molar refractivity (Wildman–Crippen MR) is 188 cm³/mol. The first-order valence-electron chi connectivity index (χ1n) is 14.4. The van der Waals surface area contributed by atoms with E-state index >= 15 is 0 Å². The van der Waals surface area contributed by atoms with Gasteiger partial charge in [0.15, 0.2) is 0 Å². The number of nitrogens with zero attached hydrogens (tertiary/aromatic N) is 2. The number of nitrogens with one attached hydrogen (secondary N) is 3. The molecular formula is C35H31N5O3S3. The van der Waals surface area contributed by atoms with Gasteiger partial charge >= 0.3 is 0 Å². The molecule has 1 unspecified atom stereocenters. The van der Waals surface area contributed by atoms with Gasteiger partial charge in [0.25, 0.3) is 11.8 Å². The first-order valence-corrected chi connectivity index (χ1v) is 17.1. The molecule has 1 heterocycles. The van der Waals surface area contributed by atoms with Crippen molar-refractivity contribution in [3.8, 4) is 0 Å². The van der Waals surface area contributed by atoms with E-state index in [9.17, 15) is 14.4 Å². The molecule has 0 aliphatic heterocycles. The van der Waals surface area contributed by atoms with E-state index in [0.717, 1.165) is 38.9 Å². The standard InChI is InChI=1S/C35H31N5O3S3/c1-3-44-35-39-34(46-40-35)38-33(43)30(25-14-6-4-7-15-25)45-28-19-11-18-27(22-28)36-32(42)29(21-24-13-10-12-23(2)20-24)37-31(41)26-16-8-5-9-17-26/h4-22,30H,3H2,1-2H3,(H,36,42)(H,37,41)(H,38,39,40,43)/b29-21+. The van der Waals surface area contributed by atoms with Crippen LogP contribution in [0.25, 0.3) is 6.08 Å². The van der Waals surface area contributed by atoms with Gasteiger partial charge in [-0.1, -0.05) is 103 Å². The van der Waals surface area contributed by atoms with Crippen LogP contribution in [0.3, 0.4) is 0 Å². The first kappa shape index (κ1) is 32.7. The molecule has 232 valence electrons. The zero-order valence-corrected chi connectivity index (χ0v) is 27.5. The molecule has 0 aliphatic carbocycles. The summed E-state index contributed by atoms with van der Waals surface area (Å²) in [5, 5.41) is 9.08. The van der Waals surface area contributed by atoms with Crippen LogP contribution in [0.1, 0.15) is 39.2 Å². The second-order valence-corrected chi connectivity index (χ2v) is 13.1. The molecule has 8 nitrogen and oxygen atoms in total. The number of aryl methyl sites for hydroxylation is 1. The van der Waals surface area contributed by atoms with Gasteiger partial charge in [0.1, 0.15) is 10.9 Å². The van der Waals surface area contributed by atoms with Crippen LogP contribution in [-0.2, 0) is 9.59 Å². The summed E-state index contributed by atoms with van der Waals surface area (Å²) in [5.41, 5.74) is 3.65. The maximum atomic E-state index is 13.6. The zero-order chi connectivity index (χ0) is 32.3. The van der Waals surface area contributed by atoms with Gasteiger partial charge in [0, 0.05) is 27.7 Å². The molecule has 1 aromatic heterocycles. The number of rotatable bonds is 12. The van der Waals surface area contributed by atoms with Crippen LogP contribution >= 0.6 is 35.1 Å². The average Bonchev–Trinajstić information content (AvgIpc) is 3.51. The number of carbonyl (C=O) groups excluding carboxylic acids is 3. The van der Waals surface area contributed by atoms with Crippen LogP contribution in [0.5, 0.6) is 0 Å². The maximum absolute atomic E-state index is 13.6. The van der Waals surface area contributed by atoms with Crippen molar-refractivity contribution >= 4 is 69.7 Å². The van der Waals surface area contributed by atoms with E-state index in [0.29, 0.717) is 21.5 Å². The summed E-state index contributed by atoms with van der Waals surface area (Å²) in [4.78, 5) is 45.3. The number of hydrogen-bond acceptors (Lipinski definition) is 8. The van der Waals surface area contributed by atoms with Crippen LogP contribution in [0.2, 0.25) is 0 Å². The molecular weight excluding hydrogens is 635 g/mol. The monoisotopic (exact) mass is 665 g/mol. The largest absolute Gasteiger partial charge is 0.321 e. The van der Waals surface area contributed by atoms with E-state index in [1.807, 2.05) is 86.6 Å². The minimum absolute atomic E-state index is 0.0942. The summed E-state index contributed by atoms with van der Waals surface area (Å²) < 4.78 is 4.30. The Hall–Kier alpha value is -4.71. The van der Waals surface area contributed by atoms with Crippen molar-refractivity contribution in [1.29, 1.82) is 0 Å². The van der Waals surface area contributed by atoms with Crippen molar-refractivity contribution < 1.29 is 14.4 Å². The highest BCUT2D eigenvalue weighted by atomic mass is 32.2. The molecule has 11 heteroatoms. The van der Waals surface area contributed by atoms with Crippen LogP contribution < -0.4 is 16.0 Å². The van der Waals surface area contributed by atoms with Gasteiger partial charge in [-0.3, -0.25) is 19.7 Å². The van der Waals surface area contributed by atoms with Crippen molar-refractivity contribution in [3.05, 3.63) is 137 Å². The normalized spacial score (nSPS) is 11.8. The highest BCUT2D eigenvalue weighted by molar-refractivity contribution is 8.00. The molecule has 5 aromatic rings. The molecule has 1 atom stereocenters. The number of anilines is 2. The molecule has 0 saturated carbocycles. The Morgan fingerprint density at radius 2 is 1.61 bits per heavy atom. The molecule has 0 aliphatic rings. The second-order valence-electron chi connectivity index (χ2n) is 9.99. The van der Waals surface area contributed by atoms with Crippen molar-refractivity contribution in [2.45, 2.75) is 29.1 Å². The van der Waals surface area contributed by atoms with E-state index in [-0.39, 0.29) is 11.6 Å². The molecule has 46 heavy (non-hydrogen) atoms. The summed E-state index contributed by atoms with van der Waals surface area (Å²) >= 11 is 4.01. The second kappa shape index (κ2) is 16.0. The molecule has 0 radical (unpaired) electrons. The van der Waals surface area contributed by atoms with Crippen LogP contribution in [-0.4, -0.2) is 32.8 Å². The third-order valence-electron chi connectivity index (χ3n) is 6.48. The lowest BCUT2D eigenvalue weighted by molar-refractivity contribution is -0.116. The van der Waals surface area contributed by atoms with Gasteiger partial charge in [-0.15, -0.1) is 11.8 Å². The molecule has 0 bridgehead atoms. The zero-order valence-electron chi connectivity index (χ0n) is 25.1. The van der Waals surface area contributed by atoms with Crippen molar-refractivity contribution in [3.63, 3.8) is 0 Å². The summed E-state index contributed by atoms with van der Waals surface area (Å²) in [6.07, 6.45) is 1.65. The number of benzene rings is 4. The van der Waals surface area contributed by atoms with Crippen molar-refractivity contribution in [2.75, 3.05) is 16.4 Å². The fourth-order valence-electron chi connectivity index (χ4n) is 4.37. The Labute approximate surface area is 280 Å². The molecule has 3 amide bonds. The number of hydrogen-bond donors (Lipinski definition) is 3. The minimum atomic E-state index is -0.597. The van der Waals surface area contributed by atoms with Gasteiger partial charge in [0.2, 0.25) is 16.2 Å². The fourth-order valence-corrected chi connectivity index (χ4v) is 6.73. The number of aromatic nitrogens is 2. The Bertz CT molecular complexity index is 1840. The van der Waals surface area contributed by atoms with Crippen LogP contribution in [0.15, 0.2) is 125 Å². The number of amides is 3. The first-order chi connectivity index (χ1) is 22.4. The molecule has 0 spiro atoms. The third-order valence-corrected chi connectivity index (χ3v) is 9.20. The summed E-state index contributed by atoms with van der Waals surface area (Å²) in [6.45, 7) is 3.98. The fraction of sp³-hybridized carbons (Fsp3) is 0.114.